The van der Waals surface area contributed by atoms with Crippen molar-refractivity contribution in [3.63, 3.8) is 0 Å². The molecule has 0 radical (unpaired) electrons. The van der Waals surface area contributed by atoms with Gasteiger partial charge in [0.05, 0.1) is 0 Å². The van der Waals surface area contributed by atoms with Gasteiger partial charge in [0.15, 0.2) is 0 Å². The van der Waals surface area contributed by atoms with Gasteiger partial charge in [-0.1, -0.05) is 30.4 Å². The number of nitrogens with one attached hydrogen (secondary N) is 2. The molecular weight excluding hydrogens is 350 g/mol. The van der Waals surface area contributed by atoms with E-state index in [-0.39, 0.29) is 23.1 Å². The summed E-state index contributed by atoms with van der Waals surface area (Å²) in [4.78, 5) is 36.4. The smallest absolute Gasteiger partial charge is 0.307 e. The van der Waals surface area contributed by atoms with Crippen molar-refractivity contribution in [1.82, 2.24) is 9.88 Å². The molecule has 26 heavy (non-hydrogen) atoms. The first-order valence-electron chi connectivity index (χ1n) is 8.73. The van der Waals surface area contributed by atoms with Crippen LogP contribution in [0.25, 0.3) is 0 Å². The van der Waals surface area contributed by atoms with E-state index in [2.05, 4.69) is 10.6 Å². The number of carbonyl (C=O) groups excluding carboxylic acids is 2. The fourth-order valence-corrected chi connectivity index (χ4v) is 3.36. The minimum atomic E-state index is -0.0968. The van der Waals surface area contributed by atoms with Crippen molar-refractivity contribution < 1.29 is 9.59 Å². The normalized spacial score (nSPS) is 10.6. The van der Waals surface area contributed by atoms with Gasteiger partial charge in [0, 0.05) is 42.2 Å². The Morgan fingerprint density at radius 1 is 1.08 bits per heavy atom. The van der Waals surface area contributed by atoms with Gasteiger partial charge in [-0.15, -0.1) is 0 Å². The maximum absolute atomic E-state index is 12.0. The van der Waals surface area contributed by atoms with E-state index in [0.717, 1.165) is 28.2 Å². The number of aromatic nitrogens is 1. The van der Waals surface area contributed by atoms with Crippen molar-refractivity contribution in [3.05, 3.63) is 50.1 Å². The molecule has 0 atom stereocenters. The Morgan fingerprint density at radius 2 is 1.77 bits per heavy atom. The highest BCUT2D eigenvalue weighted by Gasteiger charge is 2.09. The summed E-state index contributed by atoms with van der Waals surface area (Å²) in [6.45, 7) is 6.57. The molecule has 0 saturated heterocycles. The topological polar surface area (TPSA) is 80.2 Å². The molecule has 0 aliphatic carbocycles. The van der Waals surface area contributed by atoms with Crippen LogP contribution < -0.4 is 15.5 Å². The Balaban J connectivity index is 1.80. The lowest BCUT2D eigenvalue weighted by molar-refractivity contribution is -0.121. The number of benzene rings is 1. The average Bonchev–Trinajstić information content (AvgIpc) is 2.85. The number of thiazole rings is 1. The van der Waals surface area contributed by atoms with E-state index < -0.39 is 0 Å². The molecule has 2 N–H and O–H groups in total. The van der Waals surface area contributed by atoms with Gasteiger partial charge in [0.25, 0.3) is 0 Å². The van der Waals surface area contributed by atoms with Crippen LogP contribution >= 0.6 is 11.3 Å². The molecule has 2 amide bonds. The molecule has 1 aromatic heterocycles. The lowest BCUT2D eigenvalue weighted by Crippen LogP contribution is -2.26. The van der Waals surface area contributed by atoms with E-state index in [1.807, 2.05) is 45.0 Å². The Labute approximate surface area is 157 Å². The molecule has 6 nitrogen and oxygen atoms in total. The summed E-state index contributed by atoms with van der Waals surface area (Å²) >= 11 is 1.21. The minimum absolute atomic E-state index is 0.00255. The monoisotopic (exact) mass is 375 g/mol. The zero-order valence-electron chi connectivity index (χ0n) is 15.4. The van der Waals surface area contributed by atoms with Crippen molar-refractivity contribution in [2.75, 3.05) is 5.32 Å². The van der Waals surface area contributed by atoms with Crippen molar-refractivity contribution in [1.29, 1.82) is 0 Å². The number of amides is 2. The van der Waals surface area contributed by atoms with E-state index in [4.69, 9.17) is 0 Å². The fraction of sp³-hybridized carbons (Fsp3) is 0.421. The van der Waals surface area contributed by atoms with E-state index >= 15 is 0 Å². The summed E-state index contributed by atoms with van der Waals surface area (Å²) in [5.41, 5.74) is 2.63. The van der Waals surface area contributed by atoms with Crippen LogP contribution in [0.4, 0.5) is 5.69 Å². The highest BCUT2D eigenvalue weighted by Crippen LogP contribution is 2.11. The van der Waals surface area contributed by atoms with Crippen molar-refractivity contribution in [2.45, 2.75) is 53.1 Å². The summed E-state index contributed by atoms with van der Waals surface area (Å²) < 4.78 is 1.65. The van der Waals surface area contributed by atoms with Gasteiger partial charge < -0.3 is 15.2 Å². The highest BCUT2D eigenvalue weighted by molar-refractivity contribution is 7.09. The average molecular weight is 375 g/mol. The largest absolute Gasteiger partial charge is 0.352 e. The number of nitrogens with zero attached hydrogens (tertiary/aromatic N) is 1. The van der Waals surface area contributed by atoms with Crippen LogP contribution in [0, 0.1) is 13.8 Å². The molecule has 2 aromatic rings. The second-order valence-corrected chi connectivity index (χ2v) is 7.35. The minimum Gasteiger partial charge on any atom is -0.352 e. The van der Waals surface area contributed by atoms with Gasteiger partial charge in [-0.2, -0.15) is 0 Å². The number of aryl methyl sites for hydroxylation is 1. The predicted octanol–water partition coefficient (Wildman–Crippen LogP) is 2.97. The van der Waals surface area contributed by atoms with Crippen LogP contribution in [0.15, 0.2) is 29.1 Å². The summed E-state index contributed by atoms with van der Waals surface area (Å²) in [6.07, 6.45) is 1.58. The zero-order valence-corrected chi connectivity index (χ0v) is 16.2. The summed E-state index contributed by atoms with van der Waals surface area (Å²) in [5, 5.41) is 5.69. The quantitative estimate of drug-likeness (QED) is 0.744. The predicted molar refractivity (Wildman–Crippen MR) is 104 cm³/mol. The highest BCUT2D eigenvalue weighted by atomic mass is 32.1. The van der Waals surface area contributed by atoms with Crippen LogP contribution in [0.1, 0.15) is 42.3 Å². The van der Waals surface area contributed by atoms with Gasteiger partial charge in [0.1, 0.15) is 0 Å². The number of hydrogen-bond donors (Lipinski definition) is 2. The maximum Gasteiger partial charge on any atom is 0.307 e. The fourth-order valence-electron chi connectivity index (χ4n) is 2.50. The molecule has 140 valence electrons. The van der Waals surface area contributed by atoms with Crippen LogP contribution in [-0.4, -0.2) is 16.4 Å². The molecule has 0 fully saturated rings. The molecule has 0 aliphatic heterocycles. The molecule has 0 bridgehead atoms. The Hall–Kier alpha value is -2.41. The first kappa shape index (κ1) is 19.9. The Kier molecular flexibility index (Phi) is 7.15. The lowest BCUT2D eigenvalue weighted by atomic mass is 10.2. The van der Waals surface area contributed by atoms with Gasteiger partial charge in [-0.25, -0.2) is 0 Å². The lowest BCUT2D eigenvalue weighted by Gasteiger charge is -2.08. The summed E-state index contributed by atoms with van der Waals surface area (Å²) in [5.74, 6) is -0.0942. The Morgan fingerprint density at radius 3 is 2.35 bits per heavy atom. The molecule has 7 heteroatoms. The van der Waals surface area contributed by atoms with Gasteiger partial charge in [-0.05, 0) is 38.0 Å². The SMILES string of the molecule is CCCC(=O)Nc1ccc(CNC(=O)CCn2c(C)c(C)sc2=O)cc1. The number of hydrogen-bond acceptors (Lipinski definition) is 4. The molecule has 0 aliphatic rings. The molecule has 1 heterocycles. The number of carbonyl (C=O) groups is 2. The molecular formula is C19H25N3O3S. The summed E-state index contributed by atoms with van der Waals surface area (Å²) in [7, 11) is 0. The van der Waals surface area contributed by atoms with Gasteiger partial charge in [0.2, 0.25) is 11.8 Å². The second kappa shape index (κ2) is 9.33. The van der Waals surface area contributed by atoms with E-state index in [9.17, 15) is 14.4 Å². The van der Waals surface area contributed by atoms with Crippen LogP contribution in [0.5, 0.6) is 0 Å². The van der Waals surface area contributed by atoms with E-state index in [0.29, 0.717) is 19.5 Å². The second-order valence-electron chi connectivity index (χ2n) is 6.18. The van der Waals surface area contributed by atoms with Crippen molar-refractivity contribution >= 4 is 28.8 Å². The van der Waals surface area contributed by atoms with Gasteiger partial charge >= 0.3 is 4.87 Å². The van der Waals surface area contributed by atoms with Crippen LogP contribution in [-0.2, 0) is 22.7 Å². The third-order valence-corrected chi connectivity index (χ3v) is 5.14. The van der Waals surface area contributed by atoms with E-state index in [1.54, 1.807) is 4.57 Å². The van der Waals surface area contributed by atoms with Crippen molar-refractivity contribution in [3.8, 4) is 0 Å². The third kappa shape index (κ3) is 5.56. The number of rotatable bonds is 8. The number of anilines is 1. The van der Waals surface area contributed by atoms with Crippen LogP contribution in [0.2, 0.25) is 0 Å². The molecule has 1 aromatic carbocycles. The maximum atomic E-state index is 12.0. The molecule has 0 saturated carbocycles. The molecule has 0 spiro atoms. The van der Waals surface area contributed by atoms with Crippen LogP contribution in [0.3, 0.4) is 0 Å². The molecule has 0 unspecified atom stereocenters. The van der Waals surface area contributed by atoms with Gasteiger partial charge in [-0.3, -0.25) is 14.4 Å². The first-order chi connectivity index (χ1) is 12.4. The Bertz CT molecular complexity index is 822. The first-order valence-corrected chi connectivity index (χ1v) is 9.54. The standard InChI is InChI=1S/C19H25N3O3S/c1-4-5-18(24)21-16-8-6-15(7-9-16)12-20-17(23)10-11-22-13(2)14(3)26-19(22)25/h6-9H,4-5,10-12H2,1-3H3,(H,20,23)(H,21,24). The van der Waals surface area contributed by atoms with E-state index in [1.165, 1.54) is 11.3 Å². The zero-order chi connectivity index (χ0) is 19.1. The molecule has 2 rings (SSSR count). The third-order valence-electron chi connectivity index (χ3n) is 4.14. The van der Waals surface area contributed by atoms with Crippen molar-refractivity contribution in [2.24, 2.45) is 0 Å². The summed E-state index contributed by atoms with van der Waals surface area (Å²) in [6, 6.07) is 7.40.